The molecule has 0 saturated carbocycles. The number of aryl methyl sites for hydroxylation is 2. The number of aliphatic carboxylic acids is 1. The van der Waals surface area contributed by atoms with Crippen LogP contribution in [0.15, 0.2) is 6.07 Å². The second-order valence-electron chi connectivity index (χ2n) is 6.32. The summed E-state index contributed by atoms with van der Waals surface area (Å²) in [5, 5.41) is 13.5. The standard InChI is InChI=1S/C16H25N3O4/c1-10-5-11(2)19(17-10)12(3)6-15(20)18-9-14(23-4)7-13(18)8-16(21)22/h5,12-14H,6-9H2,1-4H3,(H,21,22). The van der Waals surface area contributed by atoms with Crippen molar-refractivity contribution in [3.8, 4) is 0 Å². The summed E-state index contributed by atoms with van der Waals surface area (Å²) in [7, 11) is 1.59. The topological polar surface area (TPSA) is 84.7 Å². The lowest BCUT2D eigenvalue weighted by molar-refractivity contribution is -0.140. The van der Waals surface area contributed by atoms with E-state index in [-0.39, 0.29) is 30.5 Å². The van der Waals surface area contributed by atoms with Crippen molar-refractivity contribution in [2.75, 3.05) is 13.7 Å². The summed E-state index contributed by atoms with van der Waals surface area (Å²) in [5.74, 6) is -0.938. The number of nitrogens with zero attached hydrogens (tertiary/aromatic N) is 3. The van der Waals surface area contributed by atoms with E-state index in [0.717, 1.165) is 11.4 Å². The van der Waals surface area contributed by atoms with E-state index in [0.29, 0.717) is 19.4 Å². The Bertz CT molecular complexity index is 584. The van der Waals surface area contributed by atoms with Crippen LogP contribution in [0, 0.1) is 13.8 Å². The Morgan fingerprint density at radius 2 is 2.17 bits per heavy atom. The number of aromatic nitrogens is 2. The molecule has 1 aliphatic rings. The van der Waals surface area contributed by atoms with Crippen LogP contribution < -0.4 is 0 Å². The van der Waals surface area contributed by atoms with E-state index >= 15 is 0 Å². The number of carbonyl (C=O) groups is 2. The maximum absolute atomic E-state index is 12.6. The van der Waals surface area contributed by atoms with Gasteiger partial charge in [0.1, 0.15) is 0 Å². The minimum Gasteiger partial charge on any atom is -0.481 e. The molecule has 1 amide bonds. The summed E-state index contributed by atoms with van der Waals surface area (Å²) in [6.45, 7) is 6.29. The summed E-state index contributed by atoms with van der Waals surface area (Å²) in [6, 6.07) is 1.62. The van der Waals surface area contributed by atoms with E-state index in [9.17, 15) is 9.59 Å². The highest BCUT2D eigenvalue weighted by atomic mass is 16.5. The van der Waals surface area contributed by atoms with Gasteiger partial charge in [0.25, 0.3) is 0 Å². The number of carbonyl (C=O) groups excluding carboxylic acids is 1. The van der Waals surface area contributed by atoms with Crippen LogP contribution in [0.4, 0.5) is 0 Å². The zero-order valence-corrected chi connectivity index (χ0v) is 14.2. The van der Waals surface area contributed by atoms with Gasteiger partial charge in [-0.3, -0.25) is 14.3 Å². The quantitative estimate of drug-likeness (QED) is 0.858. The van der Waals surface area contributed by atoms with Gasteiger partial charge in [-0.1, -0.05) is 0 Å². The fourth-order valence-electron chi connectivity index (χ4n) is 3.29. The zero-order valence-electron chi connectivity index (χ0n) is 14.2. The maximum Gasteiger partial charge on any atom is 0.305 e. The van der Waals surface area contributed by atoms with Gasteiger partial charge in [0.15, 0.2) is 0 Å². The van der Waals surface area contributed by atoms with E-state index in [1.54, 1.807) is 12.0 Å². The molecule has 0 spiro atoms. The molecular weight excluding hydrogens is 298 g/mol. The van der Waals surface area contributed by atoms with Gasteiger partial charge >= 0.3 is 5.97 Å². The number of amides is 1. The molecule has 2 rings (SSSR count). The Balaban J connectivity index is 2.05. The van der Waals surface area contributed by atoms with Crippen LogP contribution in [0.25, 0.3) is 0 Å². The lowest BCUT2D eigenvalue weighted by Crippen LogP contribution is -2.38. The molecule has 7 heteroatoms. The van der Waals surface area contributed by atoms with Crippen LogP contribution in [0.3, 0.4) is 0 Å². The molecule has 0 bridgehead atoms. The molecule has 1 fully saturated rings. The first-order chi connectivity index (χ1) is 10.8. The molecule has 0 radical (unpaired) electrons. The van der Waals surface area contributed by atoms with Gasteiger partial charge in [0.05, 0.1) is 24.3 Å². The molecule has 0 aromatic carbocycles. The summed E-state index contributed by atoms with van der Waals surface area (Å²) in [6.07, 6.45) is 0.740. The Hall–Kier alpha value is -1.89. The molecule has 3 unspecified atom stereocenters. The molecule has 1 aromatic heterocycles. The van der Waals surface area contributed by atoms with Crippen LogP contribution in [-0.4, -0.2) is 57.5 Å². The van der Waals surface area contributed by atoms with E-state index < -0.39 is 5.97 Å². The van der Waals surface area contributed by atoms with Crippen molar-refractivity contribution in [3.05, 3.63) is 17.5 Å². The lowest BCUT2D eigenvalue weighted by atomic mass is 10.1. The van der Waals surface area contributed by atoms with Gasteiger partial charge in [-0.25, -0.2) is 0 Å². The number of likely N-dealkylation sites (tertiary alicyclic amines) is 1. The van der Waals surface area contributed by atoms with E-state index in [2.05, 4.69) is 5.10 Å². The van der Waals surface area contributed by atoms with Crippen molar-refractivity contribution >= 4 is 11.9 Å². The molecule has 1 saturated heterocycles. The van der Waals surface area contributed by atoms with E-state index in [1.165, 1.54) is 0 Å². The van der Waals surface area contributed by atoms with Crippen molar-refractivity contribution < 1.29 is 19.4 Å². The number of methoxy groups -OCH3 is 1. The van der Waals surface area contributed by atoms with E-state index in [4.69, 9.17) is 9.84 Å². The Morgan fingerprint density at radius 1 is 1.48 bits per heavy atom. The lowest BCUT2D eigenvalue weighted by Gasteiger charge is -2.25. The minimum absolute atomic E-state index is 0.0418. The summed E-state index contributed by atoms with van der Waals surface area (Å²) in [5.41, 5.74) is 1.94. The number of carboxylic acids is 1. The van der Waals surface area contributed by atoms with Crippen molar-refractivity contribution in [3.63, 3.8) is 0 Å². The molecule has 3 atom stereocenters. The van der Waals surface area contributed by atoms with Gasteiger partial charge < -0.3 is 14.7 Å². The van der Waals surface area contributed by atoms with Crippen molar-refractivity contribution in [1.29, 1.82) is 0 Å². The number of carboxylic acid groups (broad SMARTS) is 1. The van der Waals surface area contributed by atoms with Gasteiger partial charge in [-0.2, -0.15) is 5.10 Å². The first-order valence-electron chi connectivity index (χ1n) is 7.88. The number of hydrogen-bond acceptors (Lipinski definition) is 4. The SMILES string of the molecule is COC1CC(CC(=O)O)N(C(=O)CC(C)n2nc(C)cc2C)C1. The van der Waals surface area contributed by atoms with Crippen molar-refractivity contribution in [2.45, 2.75) is 58.2 Å². The first-order valence-corrected chi connectivity index (χ1v) is 7.88. The second-order valence-corrected chi connectivity index (χ2v) is 6.32. The Labute approximate surface area is 136 Å². The van der Waals surface area contributed by atoms with Crippen LogP contribution in [0.2, 0.25) is 0 Å². The Morgan fingerprint density at radius 3 is 2.70 bits per heavy atom. The van der Waals surface area contributed by atoms with Gasteiger partial charge in [0, 0.05) is 31.8 Å². The highest BCUT2D eigenvalue weighted by Crippen LogP contribution is 2.25. The minimum atomic E-state index is -0.892. The molecular formula is C16H25N3O4. The summed E-state index contributed by atoms with van der Waals surface area (Å²) >= 11 is 0. The van der Waals surface area contributed by atoms with Gasteiger partial charge in [0.2, 0.25) is 5.91 Å². The summed E-state index contributed by atoms with van der Waals surface area (Å²) < 4.78 is 7.16. The third-order valence-electron chi connectivity index (χ3n) is 4.37. The molecule has 1 N–H and O–H groups in total. The highest BCUT2D eigenvalue weighted by Gasteiger charge is 2.36. The first kappa shape index (κ1) is 17.5. The fraction of sp³-hybridized carbons (Fsp3) is 0.688. The fourth-order valence-corrected chi connectivity index (χ4v) is 3.29. The van der Waals surface area contributed by atoms with Gasteiger partial charge in [-0.05, 0) is 33.3 Å². The normalized spacial score (nSPS) is 22.3. The molecule has 1 aliphatic heterocycles. The molecule has 7 nitrogen and oxygen atoms in total. The molecule has 128 valence electrons. The van der Waals surface area contributed by atoms with Crippen molar-refractivity contribution in [1.82, 2.24) is 14.7 Å². The predicted molar refractivity (Wildman–Crippen MR) is 84.2 cm³/mol. The highest BCUT2D eigenvalue weighted by molar-refractivity contribution is 5.78. The Kier molecular flexibility index (Phi) is 5.41. The van der Waals surface area contributed by atoms with Crippen molar-refractivity contribution in [2.24, 2.45) is 0 Å². The van der Waals surface area contributed by atoms with Crippen LogP contribution in [-0.2, 0) is 14.3 Å². The third-order valence-corrected chi connectivity index (χ3v) is 4.37. The predicted octanol–water partition coefficient (Wildman–Crippen LogP) is 1.54. The van der Waals surface area contributed by atoms with Crippen LogP contribution in [0.1, 0.15) is 43.6 Å². The van der Waals surface area contributed by atoms with Crippen LogP contribution >= 0.6 is 0 Å². The largest absolute Gasteiger partial charge is 0.481 e. The van der Waals surface area contributed by atoms with E-state index in [1.807, 2.05) is 31.5 Å². The third kappa shape index (κ3) is 4.10. The molecule has 1 aromatic rings. The molecule has 23 heavy (non-hydrogen) atoms. The number of hydrogen-bond donors (Lipinski definition) is 1. The second kappa shape index (κ2) is 7.12. The molecule has 0 aliphatic carbocycles. The molecule has 2 heterocycles. The van der Waals surface area contributed by atoms with Gasteiger partial charge in [-0.15, -0.1) is 0 Å². The number of rotatable bonds is 6. The zero-order chi connectivity index (χ0) is 17.1. The average Bonchev–Trinajstić information content (AvgIpc) is 3.01. The van der Waals surface area contributed by atoms with Crippen LogP contribution in [0.5, 0.6) is 0 Å². The number of ether oxygens (including phenoxy) is 1. The monoisotopic (exact) mass is 323 g/mol. The smallest absolute Gasteiger partial charge is 0.305 e. The maximum atomic E-state index is 12.6. The average molecular weight is 323 g/mol. The summed E-state index contributed by atoms with van der Waals surface area (Å²) in [4.78, 5) is 25.3.